The van der Waals surface area contributed by atoms with Gasteiger partial charge in [0.25, 0.3) is 0 Å². The maximum Gasteiger partial charge on any atom is 0.306 e. The number of hydrogen-bond donors (Lipinski definition) is 0. The summed E-state index contributed by atoms with van der Waals surface area (Å²) in [6.45, 7) is 3.99. The summed E-state index contributed by atoms with van der Waals surface area (Å²) in [7, 11) is 1.36. The van der Waals surface area contributed by atoms with Crippen LogP contribution in [0.5, 0.6) is 0 Å². The number of esters is 1. The van der Waals surface area contributed by atoms with E-state index in [-0.39, 0.29) is 24.1 Å². The van der Waals surface area contributed by atoms with E-state index < -0.39 is 0 Å². The molecule has 0 bridgehead atoms. The number of carbonyl (C=O) groups is 2. The van der Waals surface area contributed by atoms with Crippen LogP contribution in [0.2, 0.25) is 0 Å². The third-order valence-corrected chi connectivity index (χ3v) is 2.23. The Morgan fingerprint density at radius 1 is 1.21 bits per heavy atom. The van der Waals surface area contributed by atoms with Crippen LogP contribution in [0.4, 0.5) is 0 Å². The van der Waals surface area contributed by atoms with Gasteiger partial charge in [0.2, 0.25) is 0 Å². The first kappa shape index (κ1) is 13.1. The highest BCUT2D eigenvalue weighted by atomic mass is 16.5. The average molecular weight is 200 g/mol. The molecule has 1 atom stereocenters. The molecule has 0 fully saturated rings. The molecule has 0 aromatic rings. The Morgan fingerprint density at radius 3 is 2.29 bits per heavy atom. The lowest BCUT2D eigenvalue weighted by Gasteiger charge is -2.12. The molecule has 0 radical (unpaired) electrons. The second-order valence-corrected chi connectivity index (χ2v) is 3.48. The fraction of sp³-hybridized carbons (Fsp3) is 0.818. The molecule has 0 aliphatic rings. The van der Waals surface area contributed by atoms with Crippen LogP contribution in [-0.4, -0.2) is 18.9 Å². The lowest BCUT2D eigenvalue weighted by Crippen LogP contribution is -2.19. The number of ether oxygens (including phenoxy) is 1. The third kappa shape index (κ3) is 5.00. The Labute approximate surface area is 85.8 Å². The van der Waals surface area contributed by atoms with Crippen molar-refractivity contribution in [2.75, 3.05) is 7.11 Å². The maximum absolute atomic E-state index is 11.6. The SMILES string of the molecule is CCCC(=O)C(CCC)CC(=O)OC. The molecule has 14 heavy (non-hydrogen) atoms. The highest BCUT2D eigenvalue weighted by Gasteiger charge is 2.20. The molecule has 0 aromatic carbocycles. The summed E-state index contributed by atoms with van der Waals surface area (Å²) < 4.78 is 4.56. The zero-order chi connectivity index (χ0) is 11.0. The number of carbonyl (C=O) groups excluding carboxylic acids is 2. The van der Waals surface area contributed by atoms with Crippen LogP contribution in [0.1, 0.15) is 46.0 Å². The van der Waals surface area contributed by atoms with E-state index in [2.05, 4.69) is 4.74 Å². The summed E-state index contributed by atoms with van der Waals surface area (Å²) >= 11 is 0. The fourth-order valence-electron chi connectivity index (χ4n) is 1.46. The van der Waals surface area contributed by atoms with Crippen LogP contribution in [0.25, 0.3) is 0 Å². The normalized spacial score (nSPS) is 12.2. The zero-order valence-electron chi connectivity index (χ0n) is 9.34. The van der Waals surface area contributed by atoms with E-state index in [4.69, 9.17) is 0 Å². The van der Waals surface area contributed by atoms with Gasteiger partial charge >= 0.3 is 5.97 Å². The molecule has 0 spiro atoms. The second kappa shape index (κ2) is 7.54. The van der Waals surface area contributed by atoms with Crippen LogP contribution in [-0.2, 0) is 14.3 Å². The van der Waals surface area contributed by atoms with Crippen molar-refractivity contribution in [1.82, 2.24) is 0 Å². The van der Waals surface area contributed by atoms with Crippen LogP contribution < -0.4 is 0 Å². The molecule has 0 aliphatic carbocycles. The molecule has 3 nitrogen and oxygen atoms in total. The molecular formula is C11H20O3. The molecule has 0 saturated heterocycles. The van der Waals surface area contributed by atoms with Crippen molar-refractivity contribution in [3.8, 4) is 0 Å². The second-order valence-electron chi connectivity index (χ2n) is 3.48. The molecule has 3 heteroatoms. The molecule has 0 N–H and O–H groups in total. The Bertz CT molecular complexity index is 187. The summed E-state index contributed by atoms with van der Waals surface area (Å²) in [6, 6.07) is 0. The highest BCUT2D eigenvalue weighted by molar-refractivity contribution is 5.85. The predicted molar refractivity (Wildman–Crippen MR) is 54.9 cm³/mol. The van der Waals surface area contributed by atoms with Crippen molar-refractivity contribution in [2.45, 2.75) is 46.0 Å². The topological polar surface area (TPSA) is 43.4 Å². The first-order valence-corrected chi connectivity index (χ1v) is 5.25. The van der Waals surface area contributed by atoms with Crippen molar-refractivity contribution in [1.29, 1.82) is 0 Å². The molecule has 0 rings (SSSR count). The first-order valence-electron chi connectivity index (χ1n) is 5.25. The molecule has 1 unspecified atom stereocenters. The van der Waals surface area contributed by atoms with E-state index in [0.29, 0.717) is 6.42 Å². The van der Waals surface area contributed by atoms with Crippen molar-refractivity contribution >= 4 is 11.8 Å². The Hall–Kier alpha value is -0.860. The van der Waals surface area contributed by atoms with Gasteiger partial charge in [-0.2, -0.15) is 0 Å². The summed E-state index contributed by atoms with van der Waals surface area (Å²) in [5.41, 5.74) is 0. The van der Waals surface area contributed by atoms with Gasteiger partial charge in [-0.1, -0.05) is 20.3 Å². The molecule has 0 aromatic heterocycles. The highest BCUT2D eigenvalue weighted by Crippen LogP contribution is 2.15. The van der Waals surface area contributed by atoms with Crippen LogP contribution >= 0.6 is 0 Å². The number of rotatable bonds is 7. The van der Waals surface area contributed by atoms with Crippen molar-refractivity contribution < 1.29 is 14.3 Å². The van der Waals surface area contributed by atoms with Gasteiger partial charge in [-0.3, -0.25) is 9.59 Å². The van der Waals surface area contributed by atoms with Crippen molar-refractivity contribution in [2.24, 2.45) is 5.92 Å². The third-order valence-electron chi connectivity index (χ3n) is 2.23. The summed E-state index contributed by atoms with van der Waals surface area (Å²) in [5.74, 6) is -0.222. The lowest BCUT2D eigenvalue weighted by molar-refractivity contribution is -0.144. The molecule has 0 saturated carbocycles. The molecule has 0 aliphatic heterocycles. The van der Waals surface area contributed by atoms with E-state index in [1.54, 1.807) is 0 Å². The Balaban J connectivity index is 4.13. The molecule has 82 valence electrons. The lowest BCUT2D eigenvalue weighted by atomic mass is 9.92. The number of methoxy groups -OCH3 is 1. The summed E-state index contributed by atoms with van der Waals surface area (Å²) in [5, 5.41) is 0. The summed E-state index contributed by atoms with van der Waals surface area (Å²) in [4.78, 5) is 22.6. The molecule has 0 heterocycles. The van der Waals surface area contributed by atoms with Crippen LogP contribution in [0.3, 0.4) is 0 Å². The Morgan fingerprint density at radius 2 is 1.86 bits per heavy atom. The average Bonchev–Trinajstić information content (AvgIpc) is 2.17. The van der Waals surface area contributed by atoms with Crippen molar-refractivity contribution in [3.63, 3.8) is 0 Å². The number of hydrogen-bond acceptors (Lipinski definition) is 3. The monoisotopic (exact) mass is 200 g/mol. The number of ketones is 1. The summed E-state index contributed by atoms with van der Waals surface area (Å²) in [6.07, 6.45) is 3.37. The van der Waals surface area contributed by atoms with Gasteiger partial charge in [0.15, 0.2) is 0 Å². The quantitative estimate of drug-likeness (QED) is 0.592. The van der Waals surface area contributed by atoms with Gasteiger partial charge in [-0.25, -0.2) is 0 Å². The standard InChI is InChI=1S/C11H20O3/c1-4-6-9(8-11(13)14-3)10(12)7-5-2/h9H,4-8H2,1-3H3. The van der Waals surface area contributed by atoms with Gasteiger partial charge in [-0.05, 0) is 12.8 Å². The predicted octanol–water partition coefficient (Wildman–Crippen LogP) is 2.33. The van der Waals surface area contributed by atoms with E-state index in [0.717, 1.165) is 19.3 Å². The fourth-order valence-corrected chi connectivity index (χ4v) is 1.46. The molecular weight excluding hydrogens is 180 g/mol. The zero-order valence-corrected chi connectivity index (χ0v) is 9.34. The minimum Gasteiger partial charge on any atom is -0.469 e. The smallest absolute Gasteiger partial charge is 0.306 e. The van der Waals surface area contributed by atoms with E-state index in [1.807, 2.05) is 13.8 Å². The van der Waals surface area contributed by atoms with Crippen LogP contribution in [0.15, 0.2) is 0 Å². The Kier molecular flexibility index (Phi) is 7.07. The van der Waals surface area contributed by atoms with Gasteiger partial charge in [0.05, 0.1) is 13.5 Å². The van der Waals surface area contributed by atoms with Gasteiger partial charge in [0, 0.05) is 12.3 Å². The van der Waals surface area contributed by atoms with Crippen LogP contribution in [0, 0.1) is 5.92 Å². The maximum atomic E-state index is 11.6. The minimum absolute atomic E-state index is 0.132. The minimum atomic E-state index is -0.284. The van der Waals surface area contributed by atoms with E-state index in [1.165, 1.54) is 7.11 Å². The van der Waals surface area contributed by atoms with Gasteiger partial charge in [-0.15, -0.1) is 0 Å². The van der Waals surface area contributed by atoms with E-state index in [9.17, 15) is 9.59 Å². The largest absolute Gasteiger partial charge is 0.469 e. The van der Waals surface area contributed by atoms with Gasteiger partial charge in [0.1, 0.15) is 5.78 Å². The first-order chi connectivity index (χ1) is 6.65. The molecule has 0 amide bonds. The van der Waals surface area contributed by atoms with E-state index >= 15 is 0 Å². The van der Waals surface area contributed by atoms with Gasteiger partial charge < -0.3 is 4.74 Å². The number of Topliss-reactive ketones (excluding diaryl/α,β-unsaturated/α-hetero) is 1. The van der Waals surface area contributed by atoms with Crippen molar-refractivity contribution in [3.05, 3.63) is 0 Å².